The van der Waals surface area contributed by atoms with Gasteiger partial charge in [0.2, 0.25) is 0 Å². The summed E-state index contributed by atoms with van der Waals surface area (Å²) in [5.74, 6) is 1.36. The number of ether oxygens (including phenoxy) is 2. The van der Waals surface area contributed by atoms with E-state index in [4.69, 9.17) is 21.1 Å². The quantitative estimate of drug-likeness (QED) is 0.814. The Morgan fingerprint density at radius 1 is 1.25 bits per heavy atom. The van der Waals surface area contributed by atoms with Crippen LogP contribution in [0, 0.1) is 5.92 Å². The van der Waals surface area contributed by atoms with Crippen molar-refractivity contribution in [3.05, 3.63) is 22.7 Å². The molecule has 6 heteroatoms. The van der Waals surface area contributed by atoms with Crippen molar-refractivity contribution in [2.75, 3.05) is 46.9 Å². The van der Waals surface area contributed by atoms with Gasteiger partial charge in [-0.05, 0) is 38.1 Å². The van der Waals surface area contributed by atoms with E-state index < -0.39 is 0 Å². The molecule has 134 valence electrons. The van der Waals surface area contributed by atoms with Gasteiger partial charge < -0.3 is 19.3 Å². The number of likely N-dealkylation sites (N-methyl/N-ethyl adjacent to an activating group) is 1. The summed E-state index contributed by atoms with van der Waals surface area (Å²) < 4.78 is 11.1. The molecule has 1 aromatic rings. The van der Waals surface area contributed by atoms with Crippen LogP contribution in [-0.2, 0) is 0 Å². The molecule has 1 fully saturated rings. The molecule has 1 amide bonds. The number of rotatable bonds is 5. The van der Waals surface area contributed by atoms with E-state index in [1.807, 2.05) is 4.90 Å². The smallest absolute Gasteiger partial charge is 0.254 e. The van der Waals surface area contributed by atoms with E-state index >= 15 is 0 Å². The largest absolute Gasteiger partial charge is 0.493 e. The number of nitrogens with zero attached hydrogens (tertiary/aromatic N) is 2. The standard InChI is InChI=1S/C18H27ClN2O3/c1-13(2)12-24-17-15(19)10-14(11-16(17)23-4)18(22)21-7-5-6-20(3)8-9-21/h10-11,13H,5-9,12H2,1-4H3. The van der Waals surface area contributed by atoms with E-state index in [0.29, 0.717) is 34.6 Å². The minimum atomic E-state index is -0.0130. The topological polar surface area (TPSA) is 42.0 Å². The van der Waals surface area contributed by atoms with Gasteiger partial charge in [0.25, 0.3) is 5.91 Å². The van der Waals surface area contributed by atoms with E-state index in [-0.39, 0.29) is 5.91 Å². The zero-order valence-electron chi connectivity index (χ0n) is 15.0. The summed E-state index contributed by atoms with van der Waals surface area (Å²) in [7, 11) is 3.64. The third kappa shape index (κ3) is 4.77. The van der Waals surface area contributed by atoms with Crippen molar-refractivity contribution in [1.29, 1.82) is 0 Å². The van der Waals surface area contributed by atoms with Crippen LogP contribution in [0.1, 0.15) is 30.6 Å². The van der Waals surface area contributed by atoms with Crippen LogP contribution in [-0.4, -0.2) is 62.7 Å². The molecule has 0 aliphatic carbocycles. The predicted octanol–water partition coefficient (Wildman–Crippen LogP) is 3.16. The number of halogens is 1. The van der Waals surface area contributed by atoms with E-state index in [1.165, 1.54) is 0 Å². The molecule has 0 radical (unpaired) electrons. The molecule has 24 heavy (non-hydrogen) atoms. The van der Waals surface area contributed by atoms with Crippen LogP contribution < -0.4 is 9.47 Å². The van der Waals surface area contributed by atoms with Crippen LogP contribution in [0.15, 0.2) is 12.1 Å². The molecule has 1 aliphatic heterocycles. The van der Waals surface area contributed by atoms with Crippen molar-refractivity contribution in [2.24, 2.45) is 5.92 Å². The average Bonchev–Trinajstić information content (AvgIpc) is 2.76. The van der Waals surface area contributed by atoms with Crippen LogP contribution in [0.5, 0.6) is 11.5 Å². The molecule has 2 rings (SSSR count). The van der Waals surface area contributed by atoms with E-state index in [2.05, 4.69) is 25.8 Å². The summed E-state index contributed by atoms with van der Waals surface area (Å²) in [5.41, 5.74) is 0.540. The Balaban J connectivity index is 2.20. The van der Waals surface area contributed by atoms with Crippen molar-refractivity contribution in [1.82, 2.24) is 9.80 Å². The fraction of sp³-hybridized carbons (Fsp3) is 0.611. The van der Waals surface area contributed by atoms with E-state index in [0.717, 1.165) is 32.6 Å². The van der Waals surface area contributed by atoms with Gasteiger partial charge in [0.05, 0.1) is 18.7 Å². The molecule has 0 N–H and O–H groups in total. The highest BCUT2D eigenvalue weighted by molar-refractivity contribution is 6.32. The molecule has 1 aromatic carbocycles. The average molecular weight is 355 g/mol. The van der Waals surface area contributed by atoms with Crippen molar-refractivity contribution in [3.63, 3.8) is 0 Å². The molecular weight excluding hydrogens is 328 g/mol. The lowest BCUT2D eigenvalue weighted by atomic mass is 10.1. The number of benzene rings is 1. The van der Waals surface area contributed by atoms with Gasteiger partial charge in [-0.25, -0.2) is 0 Å². The molecule has 0 spiro atoms. The minimum absolute atomic E-state index is 0.0130. The number of carbonyl (C=O) groups is 1. The van der Waals surface area contributed by atoms with E-state index in [9.17, 15) is 4.79 Å². The van der Waals surface area contributed by atoms with Gasteiger partial charge in [-0.2, -0.15) is 0 Å². The van der Waals surface area contributed by atoms with Gasteiger partial charge in [-0.3, -0.25) is 4.79 Å². The molecular formula is C18H27ClN2O3. The molecule has 0 unspecified atom stereocenters. The Kier molecular flexibility index (Phi) is 6.75. The highest BCUT2D eigenvalue weighted by Gasteiger charge is 2.22. The Morgan fingerprint density at radius 2 is 2.00 bits per heavy atom. The lowest BCUT2D eigenvalue weighted by Gasteiger charge is -2.22. The maximum Gasteiger partial charge on any atom is 0.254 e. The van der Waals surface area contributed by atoms with Crippen molar-refractivity contribution in [3.8, 4) is 11.5 Å². The predicted molar refractivity (Wildman–Crippen MR) is 96.4 cm³/mol. The normalized spacial score (nSPS) is 16.2. The van der Waals surface area contributed by atoms with Gasteiger partial charge in [0, 0.05) is 25.2 Å². The third-order valence-corrected chi connectivity index (χ3v) is 4.32. The fourth-order valence-corrected chi connectivity index (χ4v) is 2.93. The molecule has 1 aliphatic rings. The Hall–Kier alpha value is -1.46. The van der Waals surface area contributed by atoms with Gasteiger partial charge >= 0.3 is 0 Å². The first kappa shape index (κ1) is 18.9. The number of carbonyl (C=O) groups excluding carboxylic acids is 1. The summed E-state index contributed by atoms with van der Waals surface area (Å²) >= 11 is 6.35. The summed E-state index contributed by atoms with van der Waals surface area (Å²) in [6, 6.07) is 3.40. The van der Waals surface area contributed by atoms with Crippen molar-refractivity contribution < 1.29 is 14.3 Å². The Morgan fingerprint density at radius 3 is 2.67 bits per heavy atom. The lowest BCUT2D eigenvalue weighted by Crippen LogP contribution is -2.34. The minimum Gasteiger partial charge on any atom is -0.493 e. The summed E-state index contributed by atoms with van der Waals surface area (Å²) in [6.45, 7) is 8.04. The molecule has 0 bridgehead atoms. The second-order valence-electron chi connectivity index (χ2n) is 6.64. The number of hydrogen-bond acceptors (Lipinski definition) is 4. The molecule has 1 heterocycles. The van der Waals surface area contributed by atoms with Crippen LogP contribution in [0.3, 0.4) is 0 Å². The third-order valence-electron chi connectivity index (χ3n) is 4.04. The summed E-state index contributed by atoms with van der Waals surface area (Å²) in [6.07, 6.45) is 0.975. The highest BCUT2D eigenvalue weighted by Crippen LogP contribution is 2.37. The molecule has 0 atom stereocenters. The first-order valence-electron chi connectivity index (χ1n) is 8.40. The summed E-state index contributed by atoms with van der Waals surface area (Å²) in [5, 5.41) is 0.408. The van der Waals surface area contributed by atoms with Gasteiger partial charge in [-0.1, -0.05) is 25.4 Å². The fourth-order valence-electron chi connectivity index (χ4n) is 2.67. The monoisotopic (exact) mass is 354 g/mol. The second kappa shape index (κ2) is 8.58. The van der Waals surface area contributed by atoms with Crippen LogP contribution in [0.25, 0.3) is 0 Å². The van der Waals surface area contributed by atoms with Crippen molar-refractivity contribution >= 4 is 17.5 Å². The first-order valence-corrected chi connectivity index (χ1v) is 8.78. The van der Waals surface area contributed by atoms with Gasteiger partial charge in [0.15, 0.2) is 11.5 Å². The van der Waals surface area contributed by atoms with Crippen molar-refractivity contribution in [2.45, 2.75) is 20.3 Å². The zero-order valence-corrected chi connectivity index (χ0v) is 15.7. The second-order valence-corrected chi connectivity index (χ2v) is 7.05. The van der Waals surface area contributed by atoms with Crippen LogP contribution in [0.4, 0.5) is 0 Å². The van der Waals surface area contributed by atoms with Crippen LogP contribution in [0.2, 0.25) is 5.02 Å². The highest BCUT2D eigenvalue weighted by atomic mass is 35.5. The summed E-state index contributed by atoms with van der Waals surface area (Å²) in [4.78, 5) is 16.9. The maximum absolute atomic E-state index is 12.8. The molecule has 5 nitrogen and oxygen atoms in total. The Labute approximate surface area is 149 Å². The number of hydrogen-bond donors (Lipinski definition) is 0. The Bertz CT molecular complexity index is 578. The molecule has 1 saturated heterocycles. The number of methoxy groups -OCH3 is 1. The maximum atomic E-state index is 12.8. The zero-order chi connectivity index (χ0) is 17.7. The lowest BCUT2D eigenvalue weighted by molar-refractivity contribution is 0.0762. The van der Waals surface area contributed by atoms with Crippen LogP contribution >= 0.6 is 11.6 Å². The molecule has 0 aromatic heterocycles. The van der Waals surface area contributed by atoms with Gasteiger partial charge in [-0.15, -0.1) is 0 Å². The number of amides is 1. The first-order chi connectivity index (χ1) is 11.4. The SMILES string of the molecule is COc1cc(C(=O)N2CCCN(C)CC2)cc(Cl)c1OCC(C)C. The van der Waals surface area contributed by atoms with E-state index in [1.54, 1.807) is 19.2 Å². The van der Waals surface area contributed by atoms with Gasteiger partial charge in [0.1, 0.15) is 0 Å². The molecule has 0 saturated carbocycles.